The fourth-order valence-electron chi connectivity index (χ4n) is 8.75. The summed E-state index contributed by atoms with van der Waals surface area (Å²) in [5.41, 5.74) is -0.632. The van der Waals surface area contributed by atoms with Crippen molar-refractivity contribution in [2.45, 2.75) is 59.7 Å². The maximum absolute atomic E-state index is 14.4. The summed E-state index contributed by atoms with van der Waals surface area (Å²) in [7, 11) is 1.26. The average Bonchev–Trinajstić information content (AvgIpc) is 3.71. The van der Waals surface area contributed by atoms with Gasteiger partial charge in [-0.25, -0.2) is 33.6 Å². The summed E-state index contributed by atoms with van der Waals surface area (Å²) < 4.78 is 62.4. The van der Waals surface area contributed by atoms with Gasteiger partial charge in [-0.15, -0.1) is 11.8 Å². The van der Waals surface area contributed by atoms with Crippen LogP contribution in [0.25, 0.3) is 0 Å². The van der Waals surface area contributed by atoms with Gasteiger partial charge in [0.1, 0.15) is 18.1 Å². The van der Waals surface area contributed by atoms with Gasteiger partial charge in [-0.2, -0.15) is 0 Å². The highest BCUT2D eigenvalue weighted by Crippen LogP contribution is 2.41. The van der Waals surface area contributed by atoms with Gasteiger partial charge in [0.05, 0.1) is 50.8 Å². The molecule has 2 fully saturated rings. The molecule has 17 nitrogen and oxygen atoms in total. The normalized spacial score (nSPS) is 22.3. The summed E-state index contributed by atoms with van der Waals surface area (Å²) >= 11 is 0.914. The lowest BCUT2D eigenvalue weighted by Gasteiger charge is -2.46. The third-order valence-corrected chi connectivity index (χ3v) is 14.2. The Balaban J connectivity index is 1.13. The molecule has 0 radical (unpaired) electrons. The molecule has 7 aromatic rings. The molecule has 0 unspecified atom stereocenters. The van der Waals surface area contributed by atoms with Crippen LogP contribution < -0.4 is 0 Å². The molecular weight excluding hydrogens is 1050 g/mol. The van der Waals surface area contributed by atoms with Crippen molar-refractivity contribution in [1.29, 1.82) is 0 Å². The zero-order chi connectivity index (χ0) is 55.8. The number of carbonyl (C=O) groups is 7. The Morgan fingerprint density at radius 3 is 0.988 bits per heavy atom. The van der Waals surface area contributed by atoms with Crippen molar-refractivity contribution in [2.24, 2.45) is 0 Å². The Morgan fingerprint density at radius 1 is 0.350 bits per heavy atom. The minimum atomic E-state index is -1.71. The molecule has 7 aromatic carbocycles. The first-order valence-corrected chi connectivity index (χ1v) is 26.2. The molecule has 0 spiro atoms. The van der Waals surface area contributed by atoms with Crippen molar-refractivity contribution in [3.8, 4) is 0 Å². The molecular formula is C62H52O17S. The molecule has 408 valence electrons. The second-order valence-electron chi connectivity index (χ2n) is 18.0. The van der Waals surface area contributed by atoms with E-state index < -0.39 is 115 Å². The molecule has 10 atom stereocenters. The predicted octanol–water partition coefficient (Wildman–Crippen LogP) is 9.03. The molecule has 0 aliphatic carbocycles. The standard InChI is InChI=1S/C62H52O17S/c1-70-61-52(78-59(68)44-33-19-7-20-34-44)50(76-57(66)42-29-15-5-16-30-42)48(74-55(64)40-25-11-3-12-26-40)46(73-61)37-72-62-53(79-60(69)45-35-21-8-22-36-45)51(77-58(67)43-31-17-6-18-32-43)49(75-56(65)41-27-13-4-14-28-41)47(80-62)38-71-54(63)39-23-9-2-10-24-39/h2-36,46-53,61-62H,37-38H2,1H3/t46-,47-,48+,49-,50+,51+,52-,53-,61+,62-/m1/s1. The Morgan fingerprint density at radius 2 is 0.637 bits per heavy atom. The van der Waals surface area contributed by atoms with Crippen LogP contribution in [-0.4, -0.2) is 122 Å². The van der Waals surface area contributed by atoms with Gasteiger partial charge in [-0.3, -0.25) is 0 Å². The molecule has 0 amide bonds. The number of thioether (sulfide) groups is 1. The minimum Gasteiger partial charge on any atom is -0.461 e. The van der Waals surface area contributed by atoms with Crippen LogP contribution in [0.1, 0.15) is 72.5 Å². The average molecular weight is 1100 g/mol. The van der Waals surface area contributed by atoms with Crippen molar-refractivity contribution in [1.82, 2.24) is 0 Å². The van der Waals surface area contributed by atoms with Crippen molar-refractivity contribution in [3.63, 3.8) is 0 Å². The fraction of sp³-hybridized carbons (Fsp3) is 0.210. The van der Waals surface area contributed by atoms with Crippen LogP contribution in [0, 0.1) is 0 Å². The van der Waals surface area contributed by atoms with E-state index >= 15 is 0 Å². The zero-order valence-electron chi connectivity index (χ0n) is 42.7. The van der Waals surface area contributed by atoms with Crippen LogP contribution in [-0.2, 0) is 47.4 Å². The van der Waals surface area contributed by atoms with E-state index in [9.17, 15) is 33.6 Å². The number of carbonyl (C=O) groups excluding carboxylic acids is 7. The smallest absolute Gasteiger partial charge is 0.338 e. The Bertz CT molecular complexity index is 3190. The van der Waals surface area contributed by atoms with Crippen LogP contribution in [0.3, 0.4) is 0 Å². The molecule has 0 bridgehead atoms. The first-order chi connectivity index (χ1) is 39.0. The van der Waals surface area contributed by atoms with Crippen LogP contribution in [0.2, 0.25) is 0 Å². The van der Waals surface area contributed by atoms with E-state index in [1.807, 2.05) is 0 Å². The van der Waals surface area contributed by atoms with Gasteiger partial charge in [-0.05, 0) is 84.9 Å². The largest absolute Gasteiger partial charge is 0.461 e. The SMILES string of the molecule is CO[C@H]1O[C@H](CO[C@@H]2S[C@H](COC(=O)c3ccccc3)[C@@H](OC(=O)c3ccccc3)[C@H](OC(=O)c3ccccc3)[C@H]2OC(=O)c2ccccc2)[C@H](OC(=O)c2ccccc2)[C@H](OC(=O)c2ccccc2)[C@H]1OC(=O)c1ccccc1. The van der Waals surface area contributed by atoms with Crippen molar-refractivity contribution < 1.29 is 80.9 Å². The maximum atomic E-state index is 14.4. The molecule has 0 aromatic heterocycles. The third-order valence-electron chi connectivity index (χ3n) is 12.7. The molecule has 2 aliphatic heterocycles. The number of methoxy groups -OCH3 is 1. The van der Waals surface area contributed by atoms with Gasteiger partial charge in [0.25, 0.3) is 0 Å². The van der Waals surface area contributed by atoms with Gasteiger partial charge in [0, 0.05) is 7.11 Å². The van der Waals surface area contributed by atoms with E-state index in [4.69, 9.17) is 47.4 Å². The van der Waals surface area contributed by atoms with E-state index in [2.05, 4.69) is 0 Å². The number of hydrogen-bond donors (Lipinski definition) is 0. The lowest BCUT2D eigenvalue weighted by atomic mass is 9.97. The van der Waals surface area contributed by atoms with E-state index in [1.54, 1.807) is 140 Å². The van der Waals surface area contributed by atoms with Gasteiger partial charge in [0.15, 0.2) is 42.9 Å². The third kappa shape index (κ3) is 14.0. The fourth-order valence-corrected chi connectivity index (χ4v) is 10.1. The lowest BCUT2D eigenvalue weighted by molar-refractivity contribution is -0.295. The minimum absolute atomic E-state index is 0.0828. The first-order valence-electron chi connectivity index (χ1n) is 25.3. The summed E-state index contributed by atoms with van der Waals surface area (Å²) in [5, 5.41) is -1.15. The quantitative estimate of drug-likeness (QED) is 0.0546. The van der Waals surface area contributed by atoms with Crippen molar-refractivity contribution in [2.75, 3.05) is 20.3 Å². The highest BCUT2D eigenvalue weighted by atomic mass is 32.2. The molecule has 2 heterocycles. The van der Waals surface area contributed by atoms with E-state index in [1.165, 1.54) is 79.9 Å². The predicted molar refractivity (Wildman–Crippen MR) is 287 cm³/mol. The van der Waals surface area contributed by atoms with Gasteiger partial charge >= 0.3 is 41.8 Å². The number of hydrogen-bond acceptors (Lipinski definition) is 18. The molecule has 0 saturated carbocycles. The Labute approximate surface area is 463 Å². The van der Waals surface area contributed by atoms with Gasteiger partial charge in [-0.1, -0.05) is 127 Å². The van der Waals surface area contributed by atoms with Crippen LogP contribution in [0.4, 0.5) is 0 Å². The molecule has 0 N–H and O–H groups in total. The lowest BCUT2D eigenvalue weighted by Crippen LogP contribution is -2.63. The van der Waals surface area contributed by atoms with Crippen molar-refractivity contribution >= 4 is 53.5 Å². The van der Waals surface area contributed by atoms with Gasteiger partial charge in [0.2, 0.25) is 0 Å². The topological polar surface area (TPSA) is 212 Å². The molecule has 9 rings (SSSR count). The second kappa shape index (κ2) is 27.1. The van der Waals surface area contributed by atoms with E-state index in [-0.39, 0.29) is 38.9 Å². The zero-order valence-corrected chi connectivity index (χ0v) is 43.6. The van der Waals surface area contributed by atoms with E-state index in [0.29, 0.717) is 0 Å². The highest BCUT2D eigenvalue weighted by molar-refractivity contribution is 8.00. The summed E-state index contributed by atoms with van der Waals surface area (Å²) in [6.07, 6.45) is -12.8. The van der Waals surface area contributed by atoms with Crippen LogP contribution in [0.15, 0.2) is 212 Å². The second-order valence-corrected chi connectivity index (χ2v) is 19.4. The number of benzene rings is 7. The molecule has 2 aliphatic rings. The number of rotatable bonds is 19. The monoisotopic (exact) mass is 1100 g/mol. The summed E-state index contributed by atoms with van der Waals surface area (Å²) in [6.45, 7) is -1.11. The number of ether oxygens (including phenoxy) is 10. The summed E-state index contributed by atoms with van der Waals surface area (Å²) in [4.78, 5) is 98.9. The maximum Gasteiger partial charge on any atom is 0.338 e. The first kappa shape index (κ1) is 55.8. The summed E-state index contributed by atoms with van der Waals surface area (Å²) in [6, 6.07) is 55.8. The van der Waals surface area contributed by atoms with Gasteiger partial charge < -0.3 is 47.4 Å². The summed E-state index contributed by atoms with van der Waals surface area (Å²) in [5.74, 6) is -6.05. The Kier molecular flexibility index (Phi) is 18.9. The highest BCUT2D eigenvalue weighted by Gasteiger charge is 2.56. The molecule has 80 heavy (non-hydrogen) atoms. The van der Waals surface area contributed by atoms with E-state index in [0.717, 1.165) is 11.8 Å². The van der Waals surface area contributed by atoms with Crippen molar-refractivity contribution in [3.05, 3.63) is 251 Å². The number of esters is 7. The molecule has 18 heteroatoms. The van der Waals surface area contributed by atoms with Crippen LogP contribution >= 0.6 is 11.8 Å². The molecule has 2 saturated heterocycles. The van der Waals surface area contributed by atoms with Crippen LogP contribution in [0.5, 0.6) is 0 Å². The Hall–Kier alpha value is -8.94.